The summed E-state index contributed by atoms with van der Waals surface area (Å²) >= 11 is 0. The van der Waals surface area contributed by atoms with E-state index in [-0.39, 0.29) is 0 Å². The Bertz CT molecular complexity index is 833. The van der Waals surface area contributed by atoms with E-state index in [9.17, 15) is 0 Å². The Hall–Kier alpha value is -2.19. The van der Waals surface area contributed by atoms with Gasteiger partial charge in [-0.15, -0.1) is 0 Å². The van der Waals surface area contributed by atoms with Crippen LogP contribution >= 0.6 is 0 Å². The van der Waals surface area contributed by atoms with Crippen molar-refractivity contribution in [2.75, 3.05) is 19.6 Å². The van der Waals surface area contributed by atoms with Crippen molar-refractivity contribution < 1.29 is 0 Å². The highest BCUT2D eigenvalue weighted by molar-refractivity contribution is 5.92. The third kappa shape index (κ3) is 3.34. The summed E-state index contributed by atoms with van der Waals surface area (Å²) < 4.78 is 0. The topological polar surface area (TPSA) is 15.6 Å². The number of benzene rings is 2. The monoisotopic (exact) mass is 318 g/mol. The second-order valence-electron chi connectivity index (χ2n) is 6.27. The maximum Gasteiger partial charge on any atom is 0.0731 e. The third-order valence-corrected chi connectivity index (χ3v) is 4.82. The van der Waals surface area contributed by atoms with Gasteiger partial charge in [0, 0.05) is 16.8 Å². The lowest BCUT2D eigenvalue weighted by Crippen LogP contribution is -2.35. The van der Waals surface area contributed by atoms with Gasteiger partial charge < -0.3 is 0 Å². The molecule has 0 fully saturated rings. The van der Waals surface area contributed by atoms with Crippen molar-refractivity contribution in [1.82, 2.24) is 4.90 Å². The molecule has 24 heavy (non-hydrogen) atoms. The lowest BCUT2D eigenvalue weighted by Gasteiger charge is -2.24. The van der Waals surface area contributed by atoms with Gasteiger partial charge in [0.15, 0.2) is 0 Å². The molecule has 3 aromatic carbocycles. The van der Waals surface area contributed by atoms with Crippen LogP contribution in [-0.2, 0) is 0 Å². The van der Waals surface area contributed by atoms with Gasteiger partial charge in [0.2, 0.25) is 0 Å². The second kappa shape index (κ2) is 7.59. The molecule has 0 aromatic heterocycles. The Labute approximate surface area is 144 Å². The van der Waals surface area contributed by atoms with Crippen LogP contribution in [0.5, 0.6) is 0 Å². The Kier molecular flexibility index (Phi) is 5.27. The Balaban J connectivity index is 2.21. The predicted octanol–water partition coefficient (Wildman–Crippen LogP) is 4.62. The first kappa shape index (κ1) is 16.7. The first-order valence-corrected chi connectivity index (χ1v) is 8.90. The molecule has 0 radical (unpaired) electrons. The Morgan fingerprint density at radius 3 is 1.79 bits per heavy atom. The molecule has 0 N–H and O–H groups in total. The zero-order valence-corrected chi connectivity index (χ0v) is 14.9. The molecule has 0 aliphatic heterocycles. The smallest absolute Gasteiger partial charge is 0.0731 e. The van der Waals surface area contributed by atoms with Crippen LogP contribution in [0.1, 0.15) is 20.8 Å². The molecule has 3 aromatic rings. The van der Waals surface area contributed by atoms with E-state index in [2.05, 4.69) is 86.3 Å². The molecule has 3 rings (SSSR count). The Morgan fingerprint density at radius 1 is 0.792 bits per heavy atom. The molecule has 0 saturated carbocycles. The molecular formula is C22H26N2. The van der Waals surface area contributed by atoms with E-state index in [1.807, 2.05) is 0 Å². The molecule has 1 unspecified atom stereocenters. The van der Waals surface area contributed by atoms with Crippen molar-refractivity contribution in [2.24, 2.45) is 4.99 Å². The number of likely N-dealkylation sites (N-methyl/N-ethyl adjacent to an activating group) is 1. The van der Waals surface area contributed by atoms with Crippen LogP contribution in [0, 0.1) is 0 Å². The van der Waals surface area contributed by atoms with Crippen LogP contribution in [0.4, 0.5) is 0 Å². The van der Waals surface area contributed by atoms with Crippen molar-refractivity contribution >= 4 is 21.5 Å². The minimum absolute atomic E-state index is 0.447. The molecule has 0 bridgehead atoms. The molecule has 0 aliphatic carbocycles. The molecule has 124 valence electrons. The maximum absolute atomic E-state index is 5.08. The minimum atomic E-state index is 0.447. The zero-order valence-electron chi connectivity index (χ0n) is 14.9. The minimum Gasteiger partial charge on any atom is -0.299 e. The molecule has 2 nitrogen and oxygen atoms in total. The molecule has 0 amide bonds. The van der Waals surface area contributed by atoms with Gasteiger partial charge in [0.1, 0.15) is 0 Å². The van der Waals surface area contributed by atoms with Gasteiger partial charge in [-0.05, 0) is 30.8 Å². The van der Waals surface area contributed by atoms with Crippen molar-refractivity contribution in [1.29, 1.82) is 0 Å². The summed E-state index contributed by atoms with van der Waals surface area (Å²) in [6, 6.07) is 21.9. The fourth-order valence-corrected chi connectivity index (χ4v) is 3.40. The third-order valence-electron chi connectivity index (χ3n) is 4.82. The molecule has 0 aliphatic rings. The standard InChI is InChI=1S/C22H26N2/c1-4-24(5-2)17(3)16-23-22-20-12-8-6-10-18(20)14-15-19-11-7-9-13-21(19)22/h6-15,17H,4-5,16H2,1-3H3. The highest BCUT2D eigenvalue weighted by atomic mass is 15.1. The molecular weight excluding hydrogens is 292 g/mol. The fourth-order valence-electron chi connectivity index (χ4n) is 3.40. The summed E-state index contributed by atoms with van der Waals surface area (Å²) in [4.78, 5) is 7.53. The van der Waals surface area contributed by atoms with Crippen molar-refractivity contribution in [3.63, 3.8) is 0 Å². The number of fused-ring (bicyclic) bond motifs is 2. The van der Waals surface area contributed by atoms with Crippen LogP contribution in [0.25, 0.3) is 21.5 Å². The highest BCUT2D eigenvalue weighted by Gasteiger charge is 2.09. The van der Waals surface area contributed by atoms with Gasteiger partial charge in [-0.3, -0.25) is 9.89 Å². The van der Waals surface area contributed by atoms with Gasteiger partial charge in [-0.25, -0.2) is 0 Å². The summed E-state index contributed by atoms with van der Waals surface area (Å²) in [6.07, 6.45) is 0. The van der Waals surface area contributed by atoms with Crippen LogP contribution in [0.2, 0.25) is 0 Å². The predicted molar refractivity (Wildman–Crippen MR) is 104 cm³/mol. The van der Waals surface area contributed by atoms with E-state index < -0.39 is 0 Å². The maximum atomic E-state index is 5.08. The molecule has 0 saturated heterocycles. The first-order chi connectivity index (χ1) is 11.7. The van der Waals surface area contributed by atoms with Gasteiger partial charge in [0.05, 0.1) is 11.9 Å². The number of nitrogens with zero attached hydrogens (tertiary/aromatic N) is 2. The summed E-state index contributed by atoms with van der Waals surface area (Å²) in [5.41, 5.74) is 0. The molecule has 1 atom stereocenters. The number of hydrogen-bond acceptors (Lipinski definition) is 2. The van der Waals surface area contributed by atoms with E-state index in [1.54, 1.807) is 0 Å². The second-order valence-corrected chi connectivity index (χ2v) is 6.27. The quantitative estimate of drug-likeness (QED) is 0.670. The van der Waals surface area contributed by atoms with Crippen molar-refractivity contribution in [2.45, 2.75) is 26.8 Å². The summed E-state index contributed by atoms with van der Waals surface area (Å²) in [5.74, 6) is 0. The Morgan fingerprint density at radius 2 is 1.29 bits per heavy atom. The van der Waals surface area contributed by atoms with Crippen molar-refractivity contribution in [3.05, 3.63) is 66.0 Å². The average Bonchev–Trinajstić information content (AvgIpc) is 2.78. The first-order valence-electron chi connectivity index (χ1n) is 8.90. The number of hydrogen-bond donors (Lipinski definition) is 0. The van der Waals surface area contributed by atoms with Gasteiger partial charge in [0.25, 0.3) is 0 Å². The van der Waals surface area contributed by atoms with Gasteiger partial charge in [-0.2, -0.15) is 0 Å². The number of rotatable bonds is 5. The summed E-state index contributed by atoms with van der Waals surface area (Å²) in [7, 11) is 0. The van der Waals surface area contributed by atoms with Gasteiger partial charge in [-0.1, -0.05) is 74.5 Å². The van der Waals surface area contributed by atoms with Crippen LogP contribution in [-0.4, -0.2) is 30.6 Å². The van der Waals surface area contributed by atoms with E-state index in [0.717, 1.165) is 25.0 Å². The van der Waals surface area contributed by atoms with E-state index in [0.29, 0.717) is 6.04 Å². The van der Waals surface area contributed by atoms with Crippen LogP contribution in [0.15, 0.2) is 65.7 Å². The average molecular weight is 318 g/mol. The normalized spacial score (nSPS) is 12.7. The van der Waals surface area contributed by atoms with E-state index in [1.165, 1.54) is 21.5 Å². The molecule has 0 heterocycles. The van der Waals surface area contributed by atoms with Crippen LogP contribution < -0.4 is 5.36 Å². The van der Waals surface area contributed by atoms with E-state index in [4.69, 9.17) is 4.99 Å². The SMILES string of the molecule is CCN(CC)C(C)CN=c1c2ccccc2ccc2ccccc12. The zero-order chi connectivity index (χ0) is 16.9. The summed E-state index contributed by atoms with van der Waals surface area (Å²) in [6.45, 7) is 9.65. The van der Waals surface area contributed by atoms with E-state index >= 15 is 0 Å². The molecule has 0 spiro atoms. The lowest BCUT2D eigenvalue weighted by atomic mass is 10.1. The highest BCUT2D eigenvalue weighted by Crippen LogP contribution is 2.15. The summed E-state index contributed by atoms with van der Waals surface area (Å²) in [5, 5.41) is 6.05. The lowest BCUT2D eigenvalue weighted by molar-refractivity contribution is 0.236. The van der Waals surface area contributed by atoms with Crippen LogP contribution in [0.3, 0.4) is 0 Å². The molecule has 2 heteroatoms. The largest absolute Gasteiger partial charge is 0.299 e. The van der Waals surface area contributed by atoms with Crippen molar-refractivity contribution in [3.8, 4) is 0 Å². The van der Waals surface area contributed by atoms with Gasteiger partial charge >= 0.3 is 0 Å². The fraction of sp³-hybridized carbons (Fsp3) is 0.318.